The number of cyclic esters (lactones) is 1. The Hall–Kier alpha value is -0.870. The molecule has 1 heterocycles. The topological polar surface area (TPSA) is 66.8 Å². The summed E-state index contributed by atoms with van der Waals surface area (Å²) in [5.74, 6) is 0.520. The van der Waals surface area contributed by atoms with Gasteiger partial charge in [0.1, 0.15) is 6.10 Å². The van der Waals surface area contributed by atoms with E-state index in [9.17, 15) is 15.0 Å². The van der Waals surface area contributed by atoms with E-state index < -0.39 is 5.60 Å². The standard InChI is InChI=1S/C30H48O4/c1-18-16-20(34-25(18)32)17-19(2)30(33)15-14-28(6)22-8-9-23-26(3,4)24(31)11-12-27(23,5)21(22)10-13-29(28,30)7/h18-20,23-24,31,33H,8-17H2,1-7H3/t18-,19-,20?,23?,24-,27-,28+,29+,30+/m1/s1. The van der Waals surface area contributed by atoms with E-state index >= 15 is 0 Å². The third kappa shape index (κ3) is 3.00. The molecule has 4 nitrogen and oxygen atoms in total. The van der Waals surface area contributed by atoms with Crippen molar-refractivity contribution < 1.29 is 19.7 Å². The van der Waals surface area contributed by atoms with Gasteiger partial charge in [0.05, 0.1) is 17.6 Å². The van der Waals surface area contributed by atoms with Crippen molar-refractivity contribution in [3.63, 3.8) is 0 Å². The van der Waals surface area contributed by atoms with Crippen LogP contribution in [0.1, 0.15) is 113 Å². The molecular weight excluding hydrogens is 424 g/mol. The van der Waals surface area contributed by atoms with Crippen LogP contribution in [0.4, 0.5) is 0 Å². The minimum atomic E-state index is -0.738. The van der Waals surface area contributed by atoms with Gasteiger partial charge in [-0.05, 0) is 92.3 Å². The van der Waals surface area contributed by atoms with Gasteiger partial charge in [0.25, 0.3) is 0 Å². The maximum absolute atomic E-state index is 12.4. The van der Waals surface area contributed by atoms with Crippen LogP contribution in [0.15, 0.2) is 11.1 Å². The predicted molar refractivity (Wildman–Crippen MR) is 134 cm³/mol. The zero-order valence-corrected chi connectivity index (χ0v) is 22.7. The van der Waals surface area contributed by atoms with Crippen LogP contribution in [0.25, 0.3) is 0 Å². The summed E-state index contributed by atoms with van der Waals surface area (Å²) in [7, 11) is 0. The van der Waals surface area contributed by atoms with Crippen molar-refractivity contribution >= 4 is 5.97 Å². The summed E-state index contributed by atoms with van der Waals surface area (Å²) in [6, 6.07) is 0. The normalized spacial score (nSPS) is 50.9. The molecule has 0 radical (unpaired) electrons. The lowest BCUT2D eigenvalue weighted by Crippen LogP contribution is -2.58. The lowest BCUT2D eigenvalue weighted by Gasteiger charge is -2.63. The number of carbonyl (C=O) groups excluding carboxylic acids is 1. The fraction of sp³-hybridized carbons (Fsp3) is 0.900. The number of hydrogen-bond acceptors (Lipinski definition) is 4. The summed E-state index contributed by atoms with van der Waals surface area (Å²) in [4.78, 5) is 12.0. The first-order valence-corrected chi connectivity index (χ1v) is 14.0. The molecule has 2 saturated carbocycles. The summed E-state index contributed by atoms with van der Waals surface area (Å²) >= 11 is 0. The van der Waals surface area contributed by atoms with Crippen molar-refractivity contribution in [2.24, 2.45) is 39.4 Å². The lowest BCUT2D eigenvalue weighted by atomic mass is 9.43. The van der Waals surface area contributed by atoms with E-state index in [1.807, 2.05) is 6.92 Å². The van der Waals surface area contributed by atoms with Gasteiger partial charge in [-0.1, -0.05) is 59.6 Å². The van der Waals surface area contributed by atoms with E-state index in [0.29, 0.717) is 5.92 Å². The molecule has 2 unspecified atom stereocenters. The quantitative estimate of drug-likeness (QED) is 0.380. The molecule has 0 spiro atoms. The first kappa shape index (κ1) is 24.8. The van der Waals surface area contributed by atoms with Crippen molar-refractivity contribution in [3.8, 4) is 0 Å². The van der Waals surface area contributed by atoms with Gasteiger partial charge in [0.15, 0.2) is 0 Å². The molecule has 34 heavy (non-hydrogen) atoms. The largest absolute Gasteiger partial charge is 0.462 e. The molecule has 192 valence electrons. The Balaban J connectivity index is 1.47. The minimum Gasteiger partial charge on any atom is -0.462 e. The fourth-order valence-corrected chi connectivity index (χ4v) is 10.1. The van der Waals surface area contributed by atoms with Crippen molar-refractivity contribution in [2.45, 2.75) is 130 Å². The maximum atomic E-state index is 12.4. The van der Waals surface area contributed by atoms with Crippen LogP contribution in [0.2, 0.25) is 0 Å². The first-order chi connectivity index (χ1) is 15.7. The fourth-order valence-electron chi connectivity index (χ4n) is 10.1. The molecule has 4 heteroatoms. The number of aliphatic hydroxyl groups is 2. The number of ether oxygens (including phenoxy) is 1. The van der Waals surface area contributed by atoms with Gasteiger partial charge < -0.3 is 14.9 Å². The zero-order valence-electron chi connectivity index (χ0n) is 22.7. The highest BCUT2D eigenvalue weighted by Crippen LogP contribution is 2.73. The summed E-state index contributed by atoms with van der Waals surface area (Å²) in [6.07, 6.45) is 9.48. The smallest absolute Gasteiger partial charge is 0.309 e. The molecule has 0 bridgehead atoms. The molecule has 0 aromatic carbocycles. The molecule has 4 aliphatic carbocycles. The number of allylic oxidation sites excluding steroid dienone is 2. The number of carbonyl (C=O) groups is 1. The third-order valence-electron chi connectivity index (χ3n) is 12.7. The molecule has 0 aromatic rings. The highest BCUT2D eigenvalue weighted by atomic mass is 16.5. The highest BCUT2D eigenvalue weighted by molar-refractivity contribution is 5.74. The van der Waals surface area contributed by atoms with E-state index in [0.717, 1.165) is 64.2 Å². The van der Waals surface area contributed by atoms with Crippen LogP contribution in [-0.4, -0.2) is 34.0 Å². The Bertz CT molecular complexity index is 905. The second-order valence-electron chi connectivity index (χ2n) is 14.3. The molecule has 5 rings (SSSR count). The molecule has 1 saturated heterocycles. The SMILES string of the molecule is C[C@@H]1CC(C[C@@H](C)[C@@]2(O)CC[C@@]3(C)C4=C(CC[C@@]32C)[C@@]2(C)CC[C@@H](O)C(C)(C)C2CC4)OC1=O. The Morgan fingerprint density at radius 2 is 1.71 bits per heavy atom. The molecule has 1 aliphatic heterocycles. The Labute approximate surface area is 206 Å². The average Bonchev–Trinajstić information content (AvgIpc) is 3.19. The molecular formula is C30H48O4. The van der Waals surface area contributed by atoms with Gasteiger partial charge in [0, 0.05) is 5.41 Å². The van der Waals surface area contributed by atoms with Gasteiger partial charge in [-0.25, -0.2) is 0 Å². The van der Waals surface area contributed by atoms with Crippen LogP contribution in [0.3, 0.4) is 0 Å². The lowest BCUT2D eigenvalue weighted by molar-refractivity contribution is -0.152. The Morgan fingerprint density at radius 1 is 1.00 bits per heavy atom. The molecule has 0 amide bonds. The van der Waals surface area contributed by atoms with E-state index in [1.54, 1.807) is 11.1 Å². The van der Waals surface area contributed by atoms with Crippen LogP contribution in [-0.2, 0) is 9.53 Å². The van der Waals surface area contributed by atoms with Crippen LogP contribution in [0.5, 0.6) is 0 Å². The summed E-state index contributed by atoms with van der Waals surface area (Å²) < 4.78 is 5.65. The van der Waals surface area contributed by atoms with Gasteiger partial charge in [0.2, 0.25) is 0 Å². The van der Waals surface area contributed by atoms with Crippen LogP contribution < -0.4 is 0 Å². The molecule has 2 N–H and O–H groups in total. The number of fused-ring (bicyclic) bond motifs is 4. The number of esters is 1. The Kier molecular flexibility index (Phi) is 5.52. The van der Waals surface area contributed by atoms with Gasteiger partial charge in [-0.15, -0.1) is 0 Å². The minimum absolute atomic E-state index is 0.0113. The van der Waals surface area contributed by atoms with E-state index in [2.05, 4.69) is 41.5 Å². The van der Waals surface area contributed by atoms with Crippen molar-refractivity contribution in [1.82, 2.24) is 0 Å². The van der Waals surface area contributed by atoms with Gasteiger partial charge >= 0.3 is 5.97 Å². The van der Waals surface area contributed by atoms with Gasteiger partial charge in [-0.3, -0.25) is 4.79 Å². The molecule has 9 atom stereocenters. The zero-order chi connectivity index (χ0) is 24.9. The molecule has 3 fully saturated rings. The van der Waals surface area contributed by atoms with Crippen molar-refractivity contribution in [2.75, 3.05) is 0 Å². The number of rotatable bonds is 3. The monoisotopic (exact) mass is 472 g/mol. The second-order valence-corrected chi connectivity index (χ2v) is 14.3. The van der Waals surface area contributed by atoms with Gasteiger partial charge in [-0.2, -0.15) is 0 Å². The van der Waals surface area contributed by atoms with Crippen molar-refractivity contribution in [1.29, 1.82) is 0 Å². The van der Waals surface area contributed by atoms with Crippen molar-refractivity contribution in [3.05, 3.63) is 11.1 Å². The predicted octanol–water partition coefficient (Wildman–Crippen LogP) is 6.19. The Morgan fingerprint density at radius 3 is 2.35 bits per heavy atom. The summed E-state index contributed by atoms with van der Waals surface area (Å²) in [5, 5.41) is 23.2. The van der Waals surface area contributed by atoms with E-state index in [1.165, 1.54) is 0 Å². The maximum Gasteiger partial charge on any atom is 0.309 e. The average molecular weight is 473 g/mol. The van der Waals surface area contributed by atoms with Crippen LogP contribution in [0, 0.1) is 39.4 Å². The first-order valence-electron chi connectivity index (χ1n) is 14.0. The second kappa shape index (κ2) is 7.57. The van der Waals surface area contributed by atoms with E-state index in [-0.39, 0.29) is 51.7 Å². The molecule has 5 aliphatic rings. The molecule has 0 aromatic heterocycles. The number of hydrogen-bond donors (Lipinski definition) is 2. The summed E-state index contributed by atoms with van der Waals surface area (Å²) in [6.45, 7) is 16.0. The number of aliphatic hydroxyl groups excluding tert-OH is 1. The third-order valence-corrected chi connectivity index (χ3v) is 12.7. The highest BCUT2D eigenvalue weighted by Gasteiger charge is 2.68. The van der Waals surface area contributed by atoms with E-state index in [4.69, 9.17) is 4.74 Å². The van der Waals surface area contributed by atoms with Crippen LogP contribution >= 0.6 is 0 Å². The summed E-state index contributed by atoms with van der Waals surface area (Å²) in [5.41, 5.74) is 2.56.